The number of ether oxygens (including phenoxy) is 2. The molecule has 0 atom stereocenters. The second-order valence-corrected chi connectivity index (χ2v) is 6.58. The predicted molar refractivity (Wildman–Crippen MR) is 82.4 cm³/mol. The van der Waals surface area contributed by atoms with Crippen LogP contribution in [0.3, 0.4) is 0 Å². The van der Waals surface area contributed by atoms with E-state index in [0.29, 0.717) is 5.41 Å². The average Bonchev–Trinajstić information content (AvgIpc) is 2.88. The highest BCUT2D eigenvalue weighted by Crippen LogP contribution is 2.35. The van der Waals surface area contributed by atoms with Gasteiger partial charge in [0.05, 0.1) is 17.8 Å². The molecule has 1 aromatic rings. The lowest BCUT2D eigenvalue weighted by atomic mass is 9.76. The fourth-order valence-electron chi connectivity index (χ4n) is 2.79. The van der Waals surface area contributed by atoms with Gasteiger partial charge in [-0.3, -0.25) is 0 Å². The highest BCUT2D eigenvalue weighted by atomic mass is 32.1. The third-order valence-corrected chi connectivity index (χ3v) is 5.26. The minimum atomic E-state index is 0.377. The van der Waals surface area contributed by atoms with Crippen molar-refractivity contribution in [2.75, 3.05) is 40.0 Å². The Kier molecular flexibility index (Phi) is 6.42. The summed E-state index contributed by atoms with van der Waals surface area (Å²) >= 11 is 1.79. The van der Waals surface area contributed by atoms with Crippen LogP contribution in [-0.2, 0) is 15.9 Å². The Labute approximate surface area is 125 Å². The van der Waals surface area contributed by atoms with Crippen LogP contribution >= 0.6 is 11.3 Å². The summed E-state index contributed by atoms with van der Waals surface area (Å²) in [5, 5.41) is 3.55. The van der Waals surface area contributed by atoms with Crippen LogP contribution in [0.15, 0.2) is 5.51 Å². The summed E-state index contributed by atoms with van der Waals surface area (Å²) in [6.07, 6.45) is 4.68. The normalized spacial score (nSPS) is 18.3. The lowest BCUT2D eigenvalue weighted by molar-refractivity contribution is 0.0101. The second kappa shape index (κ2) is 8.08. The zero-order valence-electron chi connectivity index (χ0n) is 12.6. The number of hydrogen-bond acceptors (Lipinski definition) is 5. The first-order valence-electron chi connectivity index (χ1n) is 7.42. The molecule has 1 aliphatic rings. The Morgan fingerprint density at radius 2 is 2.25 bits per heavy atom. The van der Waals surface area contributed by atoms with Crippen LogP contribution in [0.4, 0.5) is 0 Å². The molecule has 0 aromatic carbocycles. The van der Waals surface area contributed by atoms with Gasteiger partial charge in [0, 0.05) is 38.3 Å². The molecule has 0 unspecified atom stereocenters. The van der Waals surface area contributed by atoms with Gasteiger partial charge >= 0.3 is 0 Å². The minimum Gasteiger partial charge on any atom is -0.383 e. The van der Waals surface area contributed by atoms with Crippen LogP contribution < -0.4 is 5.32 Å². The SMILES string of the molecule is COCCNCC1(CCc2scnc2C)CCOCC1. The maximum atomic E-state index is 5.55. The molecule has 0 amide bonds. The molecule has 5 heteroatoms. The summed E-state index contributed by atoms with van der Waals surface area (Å²) in [6.45, 7) is 6.68. The van der Waals surface area contributed by atoms with Gasteiger partial charge in [-0.15, -0.1) is 11.3 Å². The highest BCUT2D eigenvalue weighted by Gasteiger charge is 2.32. The van der Waals surface area contributed by atoms with Crippen molar-refractivity contribution >= 4 is 11.3 Å². The molecular formula is C15H26N2O2S. The standard InChI is InChI=1S/C15H26N2O2S/c1-13-14(20-12-17-13)3-4-15(5-8-19-9-6-15)11-16-7-10-18-2/h12,16H,3-11H2,1-2H3. The molecule has 2 rings (SSSR count). The van der Waals surface area contributed by atoms with E-state index in [9.17, 15) is 0 Å². The predicted octanol–water partition coefficient (Wildman–Crippen LogP) is 2.42. The number of aryl methyl sites for hydroxylation is 2. The molecule has 114 valence electrons. The Hall–Kier alpha value is -0.490. The van der Waals surface area contributed by atoms with Crippen LogP contribution in [0.2, 0.25) is 0 Å². The first kappa shape index (κ1) is 15.9. The van der Waals surface area contributed by atoms with E-state index >= 15 is 0 Å². The van der Waals surface area contributed by atoms with Gasteiger partial charge in [-0.2, -0.15) is 0 Å². The highest BCUT2D eigenvalue weighted by molar-refractivity contribution is 7.09. The average molecular weight is 298 g/mol. The van der Waals surface area contributed by atoms with Crippen LogP contribution in [0.1, 0.15) is 29.8 Å². The molecule has 0 aliphatic carbocycles. The number of methoxy groups -OCH3 is 1. The van der Waals surface area contributed by atoms with E-state index in [1.54, 1.807) is 18.4 Å². The molecule has 0 bridgehead atoms. The first-order valence-corrected chi connectivity index (χ1v) is 8.30. The number of aromatic nitrogens is 1. The molecule has 0 saturated carbocycles. The zero-order chi connectivity index (χ0) is 14.3. The fourth-order valence-corrected chi connectivity index (χ4v) is 3.57. The van der Waals surface area contributed by atoms with Gasteiger partial charge in [0.1, 0.15) is 0 Å². The van der Waals surface area contributed by atoms with Crippen molar-refractivity contribution in [3.05, 3.63) is 16.1 Å². The number of hydrogen-bond donors (Lipinski definition) is 1. The Morgan fingerprint density at radius 3 is 2.90 bits per heavy atom. The molecule has 1 saturated heterocycles. The second-order valence-electron chi connectivity index (χ2n) is 5.64. The van der Waals surface area contributed by atoms with Crippen LogP contribution in [-0.4, -0.2) is 45.0 Å². The van der Waals surface area contributed by atoms with Crippen molar-refractivity contribution in [1.29, 1.82) is 0 Å². The number of nitrogens with zero attached hydrogens (tertiary/aromatic N) is 1. The molecule has 1 N–H and O–H groups in total. The van der Waals surface area contributed by atoms with E-state index in [1.165, 1.54) is 17.0 Å². The summed E-state index contributed by atoms with van der Waals surface area (Å²) in [6, 6.07) is 0. The minimum absolute atomic E-state index is 0.377. The monoisotopic (exact) mass is 298 g/mol. The van der Waals surface area contributed by atoms with E-state index in [1.807, 2.05) is 5.51 Å². The molecule has 1 fully saturated rings. The Morgan fingerprint density at radius 1 is 1.45 bits per heavy atom. The molecule has 4 nitrogen and oxygen atoms in total. The van der Waals surface area contributed by atoms with E-state index < -0.39 is 0 Å². The number of rotatable bonds is 8. The fraction of sp³-hybridized carbons (Fsp3) is 0.800. The van der Waals surface area contributed by atoms with Crippen molar-refractivity contribution < 1.29 is 9.47 Å². The van der Waals surface area contributed by atoms with Gasteiger partial charge in [-0.25, -0.2) is 4.98 Å². The summed E-state index contributed by atoms with van der Waals surface area (Å²) < 4.78 is 10.7. The topological polar surface area (TPSA) is 43.4 Å². The van der Waals surface area contributed by atoms with Crippen molar-refractivity contribution in [2.45, 2.75) is 32.6 Å². The van der Waals surface area contributed by atoms with E-state index in [0.717, 1.165) is 52.2 Å². The van der Waals surface area contributed by atoms with Gasteiger partial charge in [-0.05, 0) is 38.0 Å². The molecule has 20 heavy (non-hydrogen) atoms. The summed E-state index contributed by atoms with van der Waals surface area (Å²) in [5.74, 6) is 0. The molecule has 1 aliphatic heterocycles. The molecule has 0 spiro atoms. The maximum Gasteiger partial charge on any atom is 0.0797 e. The quantitative estimate of drug-likeness (QED) is 0.749. The lowest BCUT2D eigenvalue weighted by Crippen LogP contribution is -2.40. The molecular weight excluding hydrogens is 272 g/mol. The molecule has 1 aromatic heterocycles. The molecule has 2 heterocycles. The first-order chi connectivity index (χ1) is 9.76. The largest absolute Gasteiger partial charge is 0.383 e. The van der Waals surface area contributed by atoms with Crippen molar-refractivity contribution in [1.82, 2.24) is 10.3 Å². The van der Waals surface area contributed by atoms with Crippen molar-refractivity contribution in [3.8, 4) is 0 Å². The van der Waals surface area contributed by atoms with Crippen LogP contribution in [0, 0.1) is 12.3 Å². The number of nitrogens with one attached hydrogen (secondary N) is 1. The summed E-state index contributed by atoms with van der Waals surface area (Å²) in [4.78, 5) is 5.79. The van der Waals surface area contributed by atoms with Crippen LogP contribution in [0.5, 0.6) is 0 Å². The van der Waals surface area contributed by atoms with Crippen molar-refractivity contribution in [2.24, 2.45) is 5.41 Å². The summed E-state index contributed by atoms with van der Waals surface area (Å²) in [7, 11) is 1.75. The number of thiazole rings is 1. The summed E-state index contributed by atoms with van der Waals surface area (Å²) in [5.41, 5.74) is 3.53. The van der Waals surface area contributed by atoms with E-state index in [-0.39, 0.29) is 0 Å². The van der Waals surface area contributed by atoms with E-state index in [4.69, 9.17) is 9.47 Å². The van der Waals surface area contributed by atoms with Gasteiger partial charge in [-0.1, -0.05) is 0 Å². The van der Waals surface area contributed by atoms with Crippen molar-refractivity contribution in [3.63, 3.8) is 0 Å². The Bertz CT molecular complexity index is 389. The maximum absolute atomic E-state index is 5.55. The van der Waals surface area contributed by atoms with Gasteiger partial charge < -0.3 is 14.8 Å². The zero-order valence-corrected chi connectivity index (χ0v) is 13.4. The smallest absolute Gasteiger partial charge is 0.0797 e. The van der Waals surface area contributed by atoms with Crippen LogP contribution in [0.25, 0.3) is 0 Å². The lowest BCUT2D eigenvalue weighted by Gasteiger charge is -2.37. The Balaban J connectivity index is 1.87. The third-order valence-electron chi connectivity index (χ3n) is 4.26. The third kappa shape index (κ3) is 4.52. The van der Waals surface area contributed by atoms with Gasteiger partial charge in [0.2, 0.25) is 0 Å². The van der Waals surface area contributed by atoms with E-state index in [2.05, 4.69) is 17.2 Å². The molecule has 0 radical (unpaired) electrons. The van der Waals surface area contributed by atoms with Gasteiger partial charge in [0.25, 0.3) is 0 Å². The van der Waals surface area contributed by atoms with Gasteiger partial charge in [0.15, 0.2) is 0 Å².